The highest BCUT2D eigenvalue weighted by Gasteiger charge is 2.17. The molecule has 4 aromatic rings. The molecule has 0 saturated heterocycles. The van der Waals surface area contributed by atoms with Gasteiger partial charge in [0.1, 0.15) is 11.4 Å². The normalized spacial score (nSPS) is 10.7. The second-order valence-corrected chi connectivity index (χ2v) is 5.82. The third-order valence-electron chi connectivity index (χ3n) is 4.14. The number of carbonyl (C=O) groups is 1. The standard InChI is InChI=1S/C21H17N3O2/c1-26-16-10-11-17(19-14-24-12-6-5-9-20(24)23-19)18(13-16)21(25)22-15-7-3-2-4-8-15/h2-14H,1H3,(H,22,25). The quantitative estimate of drug-likeness (QED) is 0.602. The summed E-state index contributed by atoms with van der Waals surface area (Å²) in [5.74, 6) is 0.415. The molecule has 26 heavy (non-hydrogen) atoms. The number of fused-ring (bicyclic) bond motifs is 1. The lowest BCUT2D eigenvalue weighted by Gasteiger charge is -2.10. The van der Waals surface area contributed by atoms with Crippen LogP contribution < -0.4 is 10.1 Å². The lowest BCUT2D eigenvalue weighted by molar-refractivity contribution is 0.102. The van der Waals surface area contributed by atoms with Crippen molar-refractivity contribution in [1.82, 2.24) is 9.38 Å². The lowest BCUT2D eigenvalue weighted by Crippen LogP contribution is -2.13. The Morgan fingerprint density at radius 2 is 1.85 bits per heavy atom. The maximum atomic E-state index is 12.9. The average molecular weight is 343 g/mol. The lowest BCUT2D eigenvalue weighted by atomic mass is 10.0. The maximum absolute atomic E-state index is 12.9. The highest BCUT2D eigenvalue weighted by atomic mass is 16.5. The van der Waals surface area contributed by atoms with E-state index in [9.17, 15) is 4.79 Å². The Hall–Kier alpha value is -3.60. The highest BCUT2D eigenvalue weighted by Crippen LogP contribution is 2.28. The number of imidazole rings is 1. The smallest absolute Gasteiger partial charge is 0.256 e. The first-order valence-electron chi connectivity index (χ1n) is 8.23. The van der Waals surface area contributed by atoms with E-state index in [1.54, 1.807) is 13.2 Å². The predicted molar refractivity (Wildman–Crippen MR) is 102 cm³/mol. The van der Waals surface area contributed by atoms with Crippen molar-refractivity contribution < 1.29 is 9.53 Å². The molecule has 0 aliphatic rings. The summed E-state index contributed by atoms with van der Waals surface area (Å²) in [6.45, 7) is 0. The number of benzene rings is 2. The van der Waals surface area contributed by atoms with Crippen molar-refractivity contribution in [2.24, 2.45) is 0 Å². The zero-order valence-electron chi connectivity index (χ0n) is 14.2. The molecule has 4 rings (SSSR count). The Balaban J connectivity index is 1.78. The van der Waals surface area contributed by atoms with Crippen LogP contribution in [-0.4, -0.2) is 22.4 Å². The summed E-state index contributed by atoms with van der Waals surface area (Å²) in [6.07, 6.45) is 3.84. The van der Waals surface area contributed by atoms with E-state index in [4.69, 9.17) is 4.74 Å². The summed E-state index contributed by atoms with van der Waals surface area (Å²) in [6, 6.07) is 20.6. The van der Waals surface area contributed by atoms with Crippen LogP contribution in [0.1, 0.15) is 10.4 Å². The van der Waals surface area contributed by atoms with Crippen LogP contribution in [0.2, 0.25) is 0 Å². The summed E-state index contributed by atoms with van der Waals surface area (Å²) in [7, 11) is 1.58. The van der Waals surface area contributed by atoms with Crippen LogP contribution in [0.5, 0.6) is 5.75 Å². The van der Waals surface area contributed by atoms with Crippen molar-refractivity contribution in [3.05, 3.63) is 84.7 Å². The van der Waals surface area contributed by atoms with E-state index < -0.39 is 0 Å². The number of nitrogens with zero attached hydrogens (tertiary/aromatic N) is 2. The van der Waals surface area contributed by atoms with Crippen LogP contribution in [0, 0.1) is 0 Å². The van der Waals surface area contributed by atoms with Gasteiger partial charge in [-0.3, -0.25) is 4.79 Å². The molecule has 0 spiro atoms. The van der Waals surface area contributed by atoms with E-state index in [0.717, 1.165) is 22.6 Å². The molecule has 0 fully saturated rings. The van der Waals surface area contributed by atoms with Gasteiger partial charge in [0.05, 0.1) is 18.4 Å². The molecule has 2 heterocycles. The van der Waals surface area contributed by atoms with E-state index in [1.165, 1.54) is 0 Å². The van der Waals surface area contributed by atoms with Gasteiger partial charge in [0.15, 0.2) is 0 Å². The van der Waals surface area contributed by atoms with Gasteiger partial charge >= 0.3 is 0 Å². The minimum absolute atomic E-state index is 0.206. The number of anilines is 1. The second-order valence-electron chi connectivity index (χ2n) is 5.82. The molecule has 128 valence electrons. The van der Waals surface area contributed by atoms with Crippen molar-refractivity contribution in [3.8, 4) is 17.0 Å². The van der Waals surface area contributed by atoms with E-state index in [1.807, 2.05) is 77.5 Å². The largest absolute Gasteiger partial charge is 0.497 e. The molecule has 0 aliphatic heterocycles. The van der Waals surface area contributed by atoms with Gasteiger partial charge in [-0.1, -0.05) is 24.3 Å². The number of para-hydroxylation sites is 1. The van der Waals surface area contributed by atoms with Crippen LogP contribution in [-0.2, 0) is 0 Å². The van der Waals surface area contributed by atoms with Gasteiger partial charge in [-0.15, -0.1) is 0 Å². The molecule has 0 radical (unpaired) electrons. The molecule has 0 aliphatic carbocycles. The summed E-state index contributed by atoms with van der Waals surface area (Å²) < 4.78 is 7.23. The molecule has 0 bridgehead atoms. The Bertz CT molecular complexity index is 1040. The van der Waals surface area contributed by atoms with Crippen LogP contribution in [0.25, 0.3) is 16.9 Å². The average Bonchev–Trinajstić information content (AvgIpc) is 3.12. The van der Waals surface area contributed by atoms with Crippen molar-refractivity contribution in [2.45, 2.75) is 0 Å². The Kier molecular flexibility index (Phi) is 4.11. The van der Waals surface area contributed by atoms with E-state index >= 15 is 0 Å². The molecule has 5 nitrogen and oxygen atoms in total. The molecule has 2 aromatic carbocycles. The molecule has 1 N–H and O–H groups in total. The van der Waals surface area contributed by atoms with Crippen molar-refractivity contribution >= 4 is 17.2 Å². The fourth-order valence-electron chi connectivity index (χ4n) is 2.85. The SMILES string of the molecule is COc1ccc(-c2cn3ccccc3n2)c(C(=O)Nc2ccccc2)c1. The summed E-state index contributed by atoms with van der Waals surface area (Å²) in [5.41, 5.74) is 3.56. The Morgan fingerprint density at radius 3 is 2.62 bits per heavy atom. The molecule has 0 saturated carbocycles. The summed E-state index contributed by atoms with van der Waals surface area (Å²) in [4.78, 5) is 17.5. The van der Waals surface area contributed by atoms with Gasteiger partial charge in [-0.2, -0.15) is 0 Å². The number of hydrogen-bond donors (Lipinski definition) is 1. The Morgan fingerprint density at radius 1 is 1.04 bits per heavy atom. The second kappa shape index (κ2) is 6.72. The number of hydrogen-bond acceptors (Lipinski definition) is 3. The van der Waals surface area contributed by atoms with E-state index in [0.29, 0.717) is 11.3 Å². The summed E-state index contributed by atoms with van der Waals surface area (Å²) in [5, 5.41) is 2.92. The first-order valence-corrected chi connectivity index (χ1v) is 8.23. The molecular weight excluding hydrogens is 326 g/mol. The molecular formula is C21H17N3O2. The number of amides is 1. The zero-order valence-corrected chi connectivity index (χ0v) is 14.2. The number of aromatic nitrogens is 2. The maximum Gasteiger partial charge on any atom is 0.256 e. The molecule has 1 amide bonds. The van der Waals surface area contributed by atoms with E-state index in [-0.39, 0.29) is 5.91 Å². The first kappa shape index (κ1) is 15.9. The van der Waals surface area contributed by atoms with Crippen molar-refractivity contribution in [3.63, 3.8) is 0 Å². The highest BCUT2D eigenvalue weighted by molar-refractivity contribution is 6.08. The van der Waals surface area contributed by atoms with Gasteiger partial charge in [0, 0.05) is 23.6 Å². The fraction of sp³-hybridized carbons (Fsp3) is 0.0476. The third kappa shape index (κ3) is 3.02. The number of methoxy groups -OCH3 is 1. The molecule has 5 heteroatoms. The van der Waals surface area contributed by atoms with Gasteiger partial charge < -0.3 is 14.5 Å². The van der Waals surface area contributed by atoms with Gasteiger partial charge in [-0.25, -0.2) is 4.98 Å². The first-order chi connectivity index (χ1) is 12.7. The van der Waals surface area contributed by atoms with Gasteiger partial charge in [-0.05, 0) is 42.5 Å². The minimum Gasteiger partial charge on any atom is -0.497 e. The van der Waals surface area contributed by atoms with Gasteiger partial charge in [0.25, 0.3) is 5.91 Å². The fourth-order valence-corrected chi connectivity index (χ4v) is 2.85. The number of ether oxygens (including phenoxy) is 1. The van der Waals surface area contributed by atoms with Crippen molar-refractivity contribution in [2.75, 3.05) is 12.4 Å². The number of nitrogens with one attached hydrogen (secondary N) is 1. The van der Waals surface area contributed by atoms with Crippen LogP contribution in [0.3, 0.4) is 0 Å². The zero-order chi connectivity index (χ0) is 17.9. The topological polar surface area (TPSA) is 55.6 Å². The summed E-state index contributed by atoms with van der Waals surface area (Å²) >= 11 is 0. The monoisotopic (exact) mass is 343 g/mol. The van der Waals surface area contributed by atoms with Crippen LogP contribution in [0.15, 0.2) is 79.1 Å². The number of carbonyl (C=O) groups excluding carboxylic acids is 1. The molecule has 2 aromatic heterocycles. The minimum atomic E-state index is -0.206. The number of rotatable bonds is 4. The number of pyridine rings is 1. The van der Waals surface area contributed by atoms with Crippen molar-refractivity contribution in [1.29, 1.82) is 0 Å². The third-order valence-corrected chi connectivity index (χ3v) is 4.14. The molecule has 0 unspecified atom stereocenters. The Labute approximate surface area is 150 Å². The van der Waals surface area contributed by atoms with Gasteiger partial charge in [0.2, 0.25) is 0 Å². The van der Waals surface area contributed by atoms with Crippen LogP contribution in [0.4, 0.5) is 5.69 Å². The van der Waals surface area contributed by atoms with E-state index in [2.05, 4.69) is 10.3 Å². The molecule has 0 atom stereocenters. The van der Waals surface area contributed by atoms with Crippen LogP contribution >= 0.6 is 0 Å². The predicted octanol–water partition coefficient (Wildman–Crippen LogP) is 4.26.